The zero-order chi connectivity index (χ0) is 14.0. The molecule has 19 heavy (non-hydrogen) atoms. The Hall–Kier alpha value is -1.30. The average Bonchev–Trinajstić information content (AvgIpc) is 2.92. The van der Waals surface area contributed by atoms with E-state index in [1.165, 1.54) is 0 Å². The summed E-state index contributed by atoms with van der Waals surface area (Å²) in [5, 5.41) is 18.5. The van der Waals surface area contributed by atoms with Crippen LogP contribution >= 0.6 is 0 Å². The van der Waals surface area contributed by atoms with Crippen molar-refractivity contribution >= 4 is 12.0 Å². The van der Waals surface area contributed by atoms with Crippen LogP contribution in [0.2, 0.25) is 0 Å². The molecular weight excluding hydrogens is 248 g/mol. The first-order valence-corrected chi connectivity index (χ1v) is 6.85. The number of amides is 2. The zero-order valence-corrected chi connectivity index (χ0v) is 11.3. The second-order valence-electron chi connectivity index (χ2n) is 5.98. The Morgan fingerprint density at radius 2 is 2.05 bits per heavy atom. The summed E-state index contributed by atoms with van der Waals surface area (Å²) in [6.07, 6.45) is 2.31. The highest BCUT2D eigenvalue weighted by atomic mass is 16.4. The summed E-state index contributed by atoms with van der Waals surface area (Å²) in [5.74, 6) is -0.483. The molecule has 0 aromatic carbocycles. The molecule has 0 radical (unpaired) electrons. The normalized spacial score (nSPS) is 30.9. The largest absolute Gasteiger partial charge is 0.481 e. The fraction of sp³-hybridized carbons (Fsp3) is 0.846. The van der Waals surface area contributed by atoms with Crippen LogP contribution in [0.5, 0.6) is 0 Å². The molecule has 2 fully saturated rings. The number of hydrogen-bond donors (Lipinski definition) is 2. The number of β-amino-alcohol motifs (C(OH)–C–C–N with tert-alkyl or cyclic N) is 1. The predicted molar refractivity (Wildman–Crippen MR) is 68.8 cm³/mol. The molecule has 0 aromatic heterocycles. The van der Waals surface area contributed by atoms with E-state index in [4.69, 9.17) is 5.11 Å². The SMILES string of the molecule is CC1(O)CCN(C(=O)N2CCC(CCC(=O)O)C2)C1. The van der Waals surface area contributed by atoms with Crippen molar-refractivity contribution in [1.29, 1.82) is 0 Å². The van der Waals surface area contributed by atoms with Crippen molar-refractivity contribution in [2.45, 2.75) is 38.2 Å². The molecule has 0 aromatic rings. The highest BCUT2D eigenvalue weighted by Crippen LogP contribution is 2.25. The number of rotatable bonds is 3. The van der Waals surface area contributed by atoms with Crippen molar-refractivity contribution < 1.29 is 19.8 Å². The van der Waals surface area contributed by atoms with E-state index < -0.39 is 11.6 Å². The predicted octanol–water partition coefficient (Wildman–Crippen LogP) is 0.750. The first-order chi connectivity index (χ1) is 8.87. The van der Waals surface area contributed by atoms with Crippen molar-refractivity contribution in [2.24, 2.45) is 5.92 Å². The fourth-order valence-electron chi connectivity index (χ4n) is 2.88. The summed E-state index contributed by atoms with van der Waals surface area (Å²) in [6, 6.07) is -0.0180. The minimum Gasteiger partial charge on any atom is -0.481 e. The molecule has 2 amide bonds. The molecule has 2 heterocycles. The highest BCUT2D eigenvalue weighted by molar-refractivity contribution is 5.75. The third-order valence-corrected chi connectivity index (χ3v) is 4.05. The number of carbonyl (C=O) groups excluding carboxylic acids is 1. The molecule has 6 heteroatoms. The Morgan fingerprint density at radius 1 is 1.32 bits per heavy atom. The maximum atomic E-state index is 12.2. The summed E-state index contributed by atoms with van der Waals surface area (Å²) in [4.78, 5) is 26.3. The van der Waals surface area contributed by atoms with Gasteiger partial charge >= 0.3 is 12.0 Å². The Labute approximate surface area is 113 Å². The van der Waals surface area contributed by atoms with Crippen LogP contribution in [0.1, 0.15) is 32.6 Å². The molecule has 0 saturated carbocycles. The number of hydrogen-bond acceptors (Lipinski definition) is 3. The number of carboxylic acids is 1. The second kappa shape index (κ2) is 5.36. The molecule has 2 aliphatic rings. The third kappa shape index (κ3) is 3.59. The number of carbonyl (C=O) groups is 2. The van der Waals surface area contributed by atoms with Crippen LogP contribution in [0.3, 0.4) is 0 Å². The van der Waals surface area contributed by atoms with E-state index >= 15 is 0 Å². The number of urea groups is 1. The quantitative estimate of drug-likeness (QED) is 0.793. The molecule has 2 unspecified atom stereocenters. The lowest BCUT2D eigenvalue weighted by molar-refractivity contribution is -0.137. The lowest BCUT2D eigenvalue weighted by Crippen LogP contribution is -2.42. The molecule has 0 bridgehead atoms. The first kappa shape index (κ1) is 14.1. The fourth-order valence-corrected chi connectivity index (χ4v) is 2.88. The maximum Gasteiger partial charge on any atom is 0.320 e. The van der Waals surface area contributed by atoms with E-state index in [0.29, 0.717) is 44.9 Å². The van der Waals surface area contributed by atoms with E-state index in [1.807, 2.05) is 0 Å². The van der Waals surface area contributed by atoms with Gasteiger partial charge in [-0.3, -0.25) is 4.79 Å². The Bertz CT molecular complexity index is 370. The first-order valence-electron chi connectivity index (χ1n) is 6.85. The number of nitrogens with zero attached hydrogens (tertiary/aromatic N) is 2. The minimum atomic E-state index is -0.777. The van der Waals surface area contributed by atoms with E-state index in [0.717, 1.165) is 6.42 Å². The molecule has 108 valence electrons. The Kier molecular flexibility index (Phi) is 3.99. The van der Waals surface area contributed by atoms with Crippen molar-refractivity contribution in [1.82, 2.24) is 9.80 Å². The summed E-state index contributed by atoms with van der Waals surface area (Å²) in [7, 11) is 0. The van der Waals surface area contributed by atoms with Gasteiger partial charge in [-0.1, -0.05) is 0 Å². The van der Waals surface area contributed by atoms with Crippen LogP contribution in [0.15, 0.2) is 0 Å². The number of aliphatic carboxylic acids is 1. The topological polar surface area (TPSA) is 81.1 Å². The van der Waals surface area contributed by atoms with Gasteiger partial charge in [0.25, 0.3) is 0 Å². The Balaban J connectivity index is 1.80. The van der Waals surface area contributed by atoms with Gasteiger partial charge in [-0.25, -0.2) is 4.79 Å². The van der Waals surface area contributed by atoms with Crippen LogP contribution in [0.4, 0.5) is 4.79 Å². The van der Waals surface area contributed by atoms with Crippen molar-refractivity contribution in [3.05, 3.63) is 0 Å². The molecule has 2 rings (SSSR count). The van der Waals surface area contributed by atoms with Crippen molar-refractivity contribution in [3.8, 4) is 0 Å². The lowest BCUT2D eigenvalue weighted by atomic mass is 10.0. The van der Waals surface area contributed by atoms with Gasteiger partial charge in [-0.2, -0.15) is 0 Å². The number of aliphatic hydroxyl groups is 1. The smallest absolute Gasteiger partial charge is 0.320 e. The van der Waals surface area contributed by atoms with E-state index in [2.05, 4.69) is 0 Å². The van der Waals surface area contributed by atoms with Gasteiger partial charge in [0.2, 0.25) is 0 Å². The standard InChI is InChI=1S/C13H22N2O4/c1-13(19)5-7-15(9-13)12(18)14-6-4-10(8-14)2-3-11(16)17/h10,19H,2-9H2,1H3,(H,16,17). The van der Waals surface area contributed by atoms with Gasteiger partial charge in [-0.15, -0.1) is 0 Å². The molecule has 0 aliphatic carbocycles. The number of carboxylic acid groups (broad SMARTS) is 1. The van der Waals surface area contributed by atoms with Gasteiger partial charge in [0.05, 0.1) is 12.1 Å². The lowest BCUT2D eigenvalue weighted by Gasteiger charge is -2.25. The van der Waals surface area contributed by atoms with Crippen LogP contribution < -0.4 is 0 Å². The summed E-state index contributed by atoms with van der Waals surface area (Å²) in [6.45, 7) is 4.08. The van der Waals surface area contributed by atoms with Gasteiger partial charge in [0.15, 0.2) is 0 Å². The van der Waals surface area contributed by atoms with Crippen LogP contribution in [0, 0.1) is 5.92 Å². The maximum absolute atomic E-state index is 12.2. The highest BCUT2D eigenvalue weighted by Gasteiger charge is 2.37. The Morgan fingerprint density at radius 3 is 2.63 bits per heavy atom. The second-order valence-corrected chi connectivity index (χ2v) is 5.98. The number of likely N-dealkylation sites (tertiary alicyclic amines) is 2. The summed E-state index contributed by atoms with van der Waals surface area (Å²) < 4.78 is 0. The molecule has 2 N–H and O–H groups in total. The van der Waals surface area contributed by atoms with Gasteiger partial charge in [0, 0.05) is 26.1 Å². The zero-order valence-electron chi connectivity index (χ0n) is 11.3. The summed E-state index contributed by atoms with van der Waals surface area (Å²) in [5.41, 5.74) is -0.766. The molecule has 2 atom stereocenters. The van der Waals surface area contributed by atoms with Crippen LogP contribution in [0.25, 0.3) is 0 Å². The minimum absolute atomic E-state index is 0.0180. The van der Waals surface area contributed by atoms with E-state index in [9.17, 15) is 14.7 Å². The van der Waals surface area contributed by atoms with Crippen molar-refractivity contribution in [2.75, 3.05) is 26.2 Å². The molecule has 2 aliphatic heterocycles. The van der Waals surface area contributed by atoms with Crippen LogP contribution in [-0.4, -0.2) is 63.8 Å². The average molecular weight is 270 g/mol. The van der Waals surface area contributed by atoms with Gasteiger partial charge in [-0.05, 0) is 32.1 Å². The third-order valence-electron chi connectivity index (χ3n) is 4.05. The van der Waals surface area contributed by atoms with E-state index in [1.54, 1.807) is 16.7 Å². The van der Waals surface area contributed by atoms with Gasteiger partial charge in [0.1, 0.15) is 0 Å². The molecule has 6 nitrogen and oxygen atoms in total. The van der Waals surface area contributed by atoms with Crippen LogP contribution in [-0.2, 0) is 4.79 Å². The molecule has 2 saturated heterocycles. The van der Waals surface area contributed by atoms with Crippen molar-refractivity contribution in [3.63, 3.8) is 0 Å². The monoisotopic (exact) mass is 270 g/mol. The summed E-state index contributed by atoms with van der Waals surface area (Å²) >= 11 is 0. The molecular formula is C13H22N2O4. The molecule has 0 spiro atoms. The van der Waals surface area contributed by atoms with E-state index in [-0.39, 0.29) is 12.5 Å². The van der Waals surface area contributed by atoms with Gasteiger partial charge < -0.3 is 20.0 Å².